The summed E-state index contributed by atoms with van der Waals surface area (Å²) in [5.41, 5.74) is 5.24. The fraction of sp³-hybridized carbons (Fsp3) is 0.667. The van der Waals surface area contributed by atoms with Gasteiger partial charge in [0.1, 0.15) is 0 Å². The molecule has 0 aromatic carbocycles. The van der Waals surface area contributed by atoms with Crippen LogP contribution in [0.4, 0.5) is 0 Å². The molecule has 0 amide bonds. The van der Waals surface area contributed by atoms with Gasteiger partial charge in [-0.25, -0.2) is 0 Å². The molecule has 0 unspecified atom stereocenters. The van der Waals surface area contributed by atoms with E-state index in [1.54, 1.807) is 0 Å². The van der Waals surface area contributed by atoms with E-state index in [4.69, 9.17) is 11.1 Å². The van der Waals surface area contributed by atoms with Gasteiger partial charge in [-0.3, -0.25) is 5.41 Å². The Hall–Kier alpha value is -0.640. The molecule has 0 aliphatic rings. The van der Waals surface area contributed by atoms with Crippen molar-refractivity contribution in [2.45, 2.75) is 19.8 Å². The average Bonchev–Trinajstić information content (AvgIpc) is 1.85. The quantitative estimate of drug-likeness (QED) is 0.320. The van der Waals surface area contributed by atoms with E-state index in [9.17, 15) is 0 Å². The molecule has 4 N–H and O–H groups in total. The molecule has 0 spiro atoms. The summed E-state index contributed by atoms with van der Waals surface area (Å²) in [6.07, 6.45) is 1.25. The standard InChI is InChI=1S/C6H13N3S/c1-2-9-5(7)3-4-6(8)10/h2-4H2,1H3,(H2,7,9)(H2,8,10). The minimum atomic E-state index is 0.475. The Labute approximate surface area is 66.5 Å². The van der Waals surface area contributed by atoms with E-state index < -0.39 is 0 Å². The Balaban J connectivity index is 3.30. The van der Waals surface area contributed by atoms with Crippen LogP contribution in [0.3, 0.4) is 0 Å². The molecular weight excluding hydrogens is 146 g/mol. The lowest BCUT2D eigenvalue weighted by molar-refractivity contribution is 0.912. The third kappa shape index (κ3) is 5.50. The topological polar surface area (TPSA) is 61.9 Å². The summed E-state index contributed by atoms with van der Waals surface area (Å²) in [6.45, 7) is 2.74. The van der Waals surface area contributed by atoms with Crippen molar-refractivity contribution in [3.05, 3.63) is 0 Å². The first-order chi connectivity index (χ1) is 4.66. The molecule has 58 valence electrons. The van der Waals surface area contributed by atoms with Crippen molar-refractivity contribution >= 4 is 23.0 Å². The second-order valence-corrected chi connectivity index (χ2v) is 2.50. The van der Waals surface area contributed by atoms with Crippen molar-refractivity contribution in [1.82, 2.24) is 5.32 Å². The molecular formula is C6H13N3S. The lowest BCUT2D eigenvalue weighted by atomic mass is 10.3. The molecule has 0 saturated carbocycles. The zero-order valence-corrected chi connectivity index (χ0v) is 6.92. The number of thiocarbonyl (C=S) groups is 1. The number of amidine groups is 1. The summed E-state index contributed by atoms with van der Waals surface area (Å²) in [5, 5.41) is 10.1. The van der Waals surface area contributed by atoms with E-state index in [0.29, 0.717) is 23.7 Å². The van der Waals surface area contributed by atoms with Crippen molar-refractivity contribution in [2.24, 2.45) is 5.73 Å². The minimum Gasteiger partial charge on any atom is -0.393 e. The summed E-state index contributed by atoms with van der Waals surface area (Å²) in [7, 11) is 0. The van der Waals surface area contributed by atoms with Crippen molar-refractivity contribution in [2.75, 3.05) is 6.54 Å². The minimum absolute atomic E-state index is 0.475. The van der Waals surface area contributed by atoms with Gasteiger partial charge in [-0.05, 0) is 6.92 Å². The van der Waals surface area contributed by atoms with Gasteiger partial charge in [-0.15, -0.1) is 0 Å². The van der Waals surface area contributed by atoms with Gasteiger partial charge in [-0.1, -0.05) is 12.2 Å². The lowest BCUT2D eigenvalue weighted by Gasteiger charge is -2.02. The van der Waals surface area contributed by atoms with E-state index >= 15 is 0 Å². The Morgan fingerprint density at radius 1 is 1.60 bits per heavy atom. The lowest BCUT2D eigenvalue weighted by Crippen LogP contribution is -2.23. The molecule has 0 aliphatic heterocycles. The first-order valence-corrected chi connectivity index (χ1v) is 3.67. The molecule has 4 heteroatoms. The van der Waals surface area contributed by atoms with Crippen LogP contribution in [-0.4, -0.2) is 17.4 Å². The number of rotatable bonds is 4. The number of nitrogens with two attached hydrogens (primary N) is 1. The zero-order chi connectivity index (χ0) is 7.98. The van der Waals surface area contributed by atoms with Crippen LogP contribution in [0, 0.1) is 5.41 Å². The molecule has 0 atom stereocenters. The van der Waals surface area contributed by atoms with E-state index in [-0.39, 0.29) is 0 Å². The molecule has 3 nitrogen and oxygen atoms in total. The van der Waals surface area contributed by atoms with Gasteiger partial charge in [0.2, 0.25) is 0 Å². The van der Waals surface area contributed by atoms with Crippen LogP contribution < -0.4 is 11.1 Å². The van der Waals surface area contributed by atoms with Crippen LogP contribution in [-0.2, 0) is 0 Å². The Morgan fingerprint density at radius 3 is 2.60 bits per heavy atom. The highest BCUT2D eigenvalue weighted by molar-refractivity contribution is 7.80. The molecule has 0 fully saturated rings. The largest absolute Gasteiger partial charge is 0.393 e. The van der Waals surface area contributed by atoms with Gasteiger partial charge in [0.15, 0.2) is 0 Å². The van der Waals surface area contributed by atoms with Crippen molar-refractivity contribution in [3.8, 4) is 0 Å². The molecule has 0 aliphatic carbocycles. The molecule has 0 heterocycles. The van der Waals surface area contributed by atoms with Crippen LogP contribution in [0.1, 0.15) is 19.8 Å². The zero-order valence-electron chi connectivity index (χ0n) is 6.11. The van der Waals surface area contributed by atoms with Crippen molar-refractivity contribution < 1.29 is 0 Å². The Morgan fingerprint density at radius 2 is 2.20 bits per heavy atom. The van der Waals surface area contributed by atoms with Crippen LogP contribution in [0.25, 0.3) is 0 Å². The van der Waals surface area contributed by atoms with Crippen LogP contribution in [0.15, 0.2) is 0 Å². The van der Waals surface area contributed by atoms with E-state index in [2.05, 4.69) is 17.5 Å². The van der Waals surface area contributed by atoms with E-state index in [1.807, 2.05) is 6.92 Å². The summed E-state index contributed by atoms with van der Waals surface area (Å²) < 4.78 is 0. The van der Waals surface area contributed by atoms with Crippen molar-refractivity contribution in [1.29, 1.82) is 5.41 Å². The first-order valence-electron chi connectivity index (χ1n) is 3.26. The van der Waals surface area contributed by atoms with E-state index in [1.165, 1.54) is 0 Å². The number of hydrogen-bond donors (Lipinski definition) is 3. The molecule has 0 bridgehead atoms. The molecule has 10 heavy (non-hydrogen) atoms. The average molecular weight is 159 g/mol. The molecule has 0 saturated heterocycles. The van der Waals surface area contributed by atoms with Gasteiger partial charge in [0, 0.05) is 19.4 Å². The van der Waals surface area contributed by atoms with Gasteiger partial charge in [0.05, 0.1) is 10.8 Å². The Bertz CT molecular complexity index is 133. The van der Waals surface area contributed by atoms with Gasteiger partial charge < -0.3 is 11.1 Å². The highest BCUT2D eigenvalue weighted by Gasteiger charge is 1.94. The third-order valence-corrected chi connectivity index (χ3v) is 1.22. The maximum atomic E-state index is 7.26. The monoisotopic (exact) mass is 159 g/mol. The Kier molecular flexibility index (Phi) is 4.84. The van der Waals surface area contributed by atoms with Crippen molar-refractivity contribution in [3.63, 3.8) is 0 Å². The van der Waals surface area contributed by atoms with Gasteiger partial charge >= 0.3 is 0 Å². The molecule has 0 aromatic rings. The van der Waals surface area contributed by atoms with Gasteiger partial charge in [-0.2, -0.15) is 0 Å². The fourth-order valence-electron chi connectivity index (χ4n) is 0.550. The highest BCUT2D eigenvalue weighted by Crippen LogP contribution is 1.88. The summed E-state index contributed by atoms with van der Waals surface area (Å²) in [4.78, 5) is 0.475. The second-order valence-electron chi connectivity index (χ2n) is 1.98. The second kappa shape index (κ2) is 5.17. The van der Waals surface area contributed by atoms with Crippen LogP contribution >= 0.6 is 12.2 Å². The maximum Gasteiger partial charge on any atom is 0.0935 e. The molecule has 0 aromatic heterocycles. The molecule has 0 rings (SSSR count). The SMILES string of the molecule is CCNC(=N)CCC(N)=S. The number of hydrogen-bond acceptors (Lipinski definition) is 2. The van der Waals surface area contributed by atoms with Crippen LogP contribution in [0.5, 0.6) is 0 Å². The third-order valence-electron chi connectivity index (χ3n) is 1.01. The number of nitrogens with one attached hydrogen (secondary N) is 2. The van der Waals surface area contributed by atoms with Crippen LogP contribution in [0.2, 0.25) is 0 Å². The predicted molar refractivity (Wildman–Crippen MR) is 47.4 cm³/mol. The smallest absolute Gasteiger partial charge is 0.0935 e. The first kappa shape index (κ1) is 9.36. The fourth-order valence-corrected chi connectivity index (χ4v) is 0.652. The summed E-state index contributed by atoms with van der Waals surface area (Å²) in [6, 6.07) is 0. The van der Waals surface area contributed by atoms with Gasteiger partial charge in [0.25, 0.3) is 0 Å². The summed E-state index contributed by atoms with van der Waals surface area (Å²) >= 11 is 4.65. The molecule has 0 radical (unpaired) electrons. The van der Waals surface area contributed by atoms with E-state index in [0.717, 1.165) is 6.54 Å². The normalized spacial score (nSPS) is 8.90. The maximum absolute atomic E-state index is 7.26. The highest BCUT2D eigenvalue weighted by atomic mass is 32.1. The summed E-state index contributed by atoms with van der Waals surface area (Å²) in [5.74, 6) is 0.510. The predicted octanol–water partition coefficient (Wildman–Crippen LogP) is 0.639.